The van der Waals surface area contributed by atoms with Crippen molar-refractivity contribution in [2.24, 2.45) is 0 Å². The maximum Gasteiger partial charge on any atom is 0.262 e. The first-order valence-electron chi connectivity index (χ1n) is 4.44. The Morgan fingerprint density at radius 3 is 2.86 bits per heavy atom. The number of hydrogen-bond acceptors (Lipinski definition) is 3. The van der Waals surface area contributed by atoms with E-state index in [2.05, 4.69) is 5.32 Å². The Morgan fingerprint density at radius 2 is 2.43 bits per heavy atom. The Labute approximate surface area is 87.4 Å². The molecule has 1 rings (SSSR count). The Bertz CT molecular complexity index is 364. The van der Waals surface area contributed by atoms with E-state index in [0.717, 1.165) is 4.88 Å². The van der Waals surface area contributed by atoms with Crippen molar-refractivity contribution in [2.75, 3.05) is 0 Å². The van der Waals surface area contributed by atoms with Gasteiger partial charge in [-0.25, -0.2) is 0 Å². The van der Waals surface area contributed by atoms with E-state index in [4.69, 9.17) is 5.26 Å². The summed E-state index contributed by atoms with van der Waals surface area (Å²) in [6.45, 7) is 3.82. The lowest BCUT2D eigenvalue weighted by Crippen LogP contribution is -2.32. The number of carbonyl (C=O) groups excluding carboxylic acids is 1. The van der Waals surface area contributed by atoms with Gasteiger partial charge in [-0.2, -0.15) is 5.26 Å². The molecular formula is C10H12N2OS. The van der Waals surface area contributed by atoms with Gasteiger partial charge in [0.2, 0.25) is 0 Å². The van der Waals surface area contributed by atoms with E-state index in [9.17, 15) is 4.79 Å². The van der Waals surface area contributed by atoms with Gasteiger partial charge in [0.15, 0.2) is 0 Å². The van der Waals surface area contributed by atoms with Crippen molar-refractivity contribution in [1.82, 2.24) is 5.32 Å². The highest BCUT2D eigenvalue weighted by Crippen LogP contribution is 2.14. The summed E-state index contributed by atoms with van der Waals surface area (Å²) in [6, 6.07) is 5.32. The number of aryl methyl sites for hydroxylation is 1. The molecule has 0 aliphatic carbocycles. The van der Waals surface area contributed by atoms with E-state index in [1.165, 1.54) is 11.3 Å². The van der Waals surface area contributed by atoms with Crippen LogP contribution < -0.4 is 5.32 Å². The molecule has 0 saturated heterocycles. The number of thiophene rings is 1. The van der Waals surface area contributed by atoms with Crippen LogP contribution in [0, 0.1) is 18.3 Å². The zero-order valence-electron chi connectivity index (χ0n) is 8.20. The van der Waals surface area contributed by atoms with Crippen LogP contribution in [-0.2, 0) is 0 Å². The predicted molar refractivity (Wildman–Crippen MR) is 56.2 cm³/mol. The quantitative estimate of drug-likeness (QED) is 0.826. The maximum atomic E-state index is 11.5. The highest BCUT2D eigenvalue weighted by atomic mass is 32.1. The van der Waals surface area contributed by atoms with Crippen molar-refractivity contribution in [2.45, 2.75) is 26.3 Å². The van der Waals surface area contributed by atoms with Gasteiger partial charge in [0.1, 0.15) is 6.04 Å². The summed E-state index contributed by atoms with van der Waals surface area (Å²) in [6.07, 6.45) is 0.632. The van der Waals surface area contributed by atoms with Gasteiger partial charge in [0.05, 0.1) is 10.9 Å². The van der Waals surface area contributed by atoms with E-state index in [-0.39, 0.29) is 11.9 Å². The summed E-state index contributed by atoms with van der Waals surface area (Å²) in [5.74, 6) is -0.156. The van der Waals surface area contributed by atoms with Crippen molar-refractivity contribution in [3.8, 4) is 6.07 Å². The van der Waals surface area contributed by atoms with Gasteiger partial charge in [0.25, 0.3) is 5.91 Å². The number of rotatable bonds is 3. The molecule has 0 aliphatic heterocycles. The maximum absolute atomic E-state index is 11.5. The summed E-state index contributed by atoms with van der Waals surface area (Å²) < 4.78 is 0. The van der Waals surface area contributed by atoms with E-state index >= 15 is 0 Å². The highest BCUT2D eigenvalue weighted by molar-refractivity contribution is 7.13. The monoisotopic (exact) mass is 208 g/mol. The van der Waals surface area contributed by atoms with Crippen LogP contribution >= 0.6 is 11.3 Å². The van der Waals surface area contributed by atoms with Gasteiger partial charge in [0, 0.05) is 4.88 Å². The molecule has 1 N–H and O–H groups in total. The van der Waals surface area contributed by atoms with Crippen molar-refractivity contribution >= 4 is 17.2 Å². The molecule has 0 radical (unpaired) electrons. The SMILES string of the molecule is CCC(C#N)NC(=O)c1ccc(C)s1. The summed E-state index contributed by atoms with van der Waals surface area (Å²) in [5.41, 5.74) is 0. The molecule has 1 heterocycles. The number of nitriles is 1. The average Bonchev–Trinajstić information content (AvgIpc) is 2.61. The van der Waals surface area contributed by atoms with E-state index < -0.39 is 0 Å². The van der Waals surface area contributed by atoms with Crippen LogP contribution in [0.3, 0.4) is 0 Å². The lowest BCUT2D eigenvalue weighted by Gasteiger charge is -2.06. The Kier molecular flexibility index (Phi) is 3.66. The molecule has 3 nitrogen and oxygen atoms in total. The molecule has 1 amide bonds. The first-order valence-corrected chi connectivity index (χ1v) is 5.26. The highest BCUT2D eigenvalue weighted by Gasteiger charge is 2.12. The molecule has 1 unspecified atom stereocenters. The smallest absolute Gasteiger partial charge is 0.262 e. The average molecular weight is 208 g/mol. The van der Waals surface area contributed by atoms with Crippen LogP contribution in [0.4, 0.5) is 0 Å². The summed E-state index contributed by atoms with van der Waals surface area (Å²) >= 11 is 1.44. The fraction of sp³-hybridized carbons (Fsp3) is 0.400. The van der Waals surface area contributed by atoms with E-state index in [1.807, 2.05) is 26.0 Å². The zero-order chi connectivity index (χ0) is 10.6. The third-order valence-electron chi connectivity index (χ3n) is 1.83. The number of nitrogens with zero attached hydrogens (tertiary/aromatic N) is 1. The molecule has 0 saturated carbocycles. The van der Waals surface area contributed by atoms with E-state index in [1.54, 1.807) is 6.07 Å². The standard InChI is InChI=1S/C10H12N2OS/c1-3-8(6-11)12-10(13)9-5-4-7(2)14-9/h4-5,8H,3H2,1-2H3,(H,12,13). The molecule has 0 fully saturated rings. The normalized spacial score (nSPS) is 11.8. The van der Waals surface area contributed by atoms with Crippen LogP contribution in [0.2, 0.25) is 0 Å². The Hall–Kier alpha value is -1.34. The van der Waals surface area contributed by atoms with Gasteiger partial charge < -0.3 is 5.32 Å². The lowest BCUT2D eigenvalue weighted by atomic mass is 10.2. The van der Waals surface area contributed by atoms with Gasteiger partial charge in [-0.1, -0.05) is 6.92 Å². The summed E-state index contributed by atoms with van der Waals surface area (Å²) in [4.78, 5) is 13.3. The Morgan fingerprint density at radius 1 is 1.71 bits per heavy atom. The first-order chi connectivity index (χ1) is 6.67. The van der Waals surface area contributed by atoms with Gasteiger partial charge >= 0.3 is 0 Å². The molecule has 14 heavy (non-hydrogen) atoms. The van der Waals surface area contributed by atoms with Crippen LogP contribution in [0.5, 0.6) is 0 Å². The van der Waals surface area contributed by atoms with Crippen molar-refractivity contribution in [1.29, 1.82) is 5.26 Å². The van der Waals surface area contributed by atoms with Gasteiger partial charge in [-0.3, -0.25) is 4.79 Å². The Balaban J connectivity index is 2.64. The molecule has 0 aromatic carbocycles. The lowest BCUT2D eigenvalue weighted by molar-refractivity contribution is 0.0949. The third kappa shape index (κ3) is 2.57. The fourth-order valence-electron chi connectivity index (χ4n) is 1.01. The van der Waals surface area contributed by atoms with Gasteiger partial charge in [-0.15, -0.1) is 11.3 Å². The molecule has 1 atom stereocenters. The number of carbonyl (C=O) groups is 1. The molecule has 0 bridgehead atoms. The topological polar surface area (TPSA) is 52.9 Å². The summed E-state index contributed by atoms with van der Waals surface area (Å²) in [5, 5.41) is 11.3. The molecule has 1 aromatic rings. The predicted octanol–water partition coefficient (Wildman–Crippen LogP) is 2.09. The second-order valence-corrected chi connectivity index (χ2v) is 4.26. The minimum atomic E-state index is -0.384. The van der Waals surface area contributed by atoms with Crippen LogP contribution in [0.1, 0.15) is 27.9 Å². The second-order valence-electron chi connectivity index (χ2n) is 2.97. The molecular weight excluding hydrogens is 196 g/mol. The molecule has 0 spiro atoms. The van der Waals surface area contributed by atoms with Crippen LogP contribution in [0.25, 0.3) is 0 Å². The van der Waals surface area contributed by atoms with E-state index in [0.29, 0.717) is 11.3 Å². The zero-order valence-corrected chi connectivity index (χ0v) is 9.02. The fourth-order valence-corrected chi connectivity index (χ4v) is 1.78. The third-order valence-corrected chi connectivity index (χ3v) is 2.83. The minimum Gasteiger partial charge on any atom is -0.336 e. The first kappa shape index (κ1) is 10.7. The minimum absolute atomic E-state index is 0.156. The molecule has 1 aromatic heterocycles. The molecule has 74 valence electrons. The number of nitrogens with one attached hydrogen (secondary N) is 1. The van der Waals surface area contributed by atoms with Crippen molar-refractivity contribution in [3.63, 3.8) is 0 Å². The second kappa shape index (κ2) is 4.77. The molecule has 0 aliphatic rings. The molecule has 4 heteroatoms. The van der Waals surface area contributed by atoms with Crippen LogP contribution in [0.15, 0.2) is 12.1 Å². The number of amides is 1. The van der Waals surface area contributed by atoms with Crippen LogP contribution in [-0.4, -0.2) is 11.9 Å². The van der Waals surface area contributed by atoms with Crippen molar-refractivity contribution < 1.29 is 4.79 Å². The van der Waals surface area contributed by atoms with Gasteiger partial charge in [-0.05, 0) is 25.5 Å². The summed E-state index contributed by atoms with van der Waals surface area (Å²) in [7, 11) is 0. The largest absolute Gasteiger partial charge is 0.336 e. The number of hydrogen-bond donors (Lipinski definition) is 1. The van der Waals surface area contributed by atoms with Crippen molar-refractivity contribution in [3.05, 3.63) is 21.9 Å².